The number of nitrogens with one attached hydrogen (secondary N) is 1. The minimum atomic E-state index is -0.186. The third-order valence-electron chi connectivity index (χ3n) is 4.39. The topological polar surface area (TPSA) is 76.8 Å². The van der Waals surface area contributed by atoms with Crippen LogP contribution in [0, 0.1) is 6.92 Å². The molecule has 1 amide bonds. The van der Waals surface area contributed by atoms with Crippen LogP contribution in [0.4, 0.5) is 17.1 Å². The Bertz CT molecular complexity index is 820. The minimum absolute atomic E-state index is 0.186. The van der Waals surface area contributed by atoms with Crippen LogP contribution in [0.2, 0.25) is 0 Å². The summed E-state index contributed by atoms with van der Waals surface area (Å²) < 4.78 is 11.3. The first-order valence-electron chi connectivity index (χ1n) is 8.37. The number of hydrogen-bond donors (Lipinski definition) is 2. The molecular formula is C19H22BrN3O3. The molecule has 3 rings (SSSR count). The van der Waals surface area contributed by atoms with E-state index < -0.39 is 0 Å². The predicted octanol–water partition coefficient (Wildman–Crippen LogP) is 3.44. The van der Waals surface area contributed by atoms with E-state index in [4.69, 9.17) is 15.2 Å². The van der Waals surface area contributed by atoms with Gasteiger partial charge in [0.15, 0.2) is 0 Å². The second-order valence-corrected chi connectivity index (χ2v) is 6.98. The molecule has 0 atom stereocenters. The summed E-state index contributed by atoms with van der Waals surface area (Å²) in [5.74, 6) is 0.494. The molecule has 2 aromatic carbocycles. The predicted molar refractivity (Wildman–Crippen MR) is 107 cm³/mol. The van der Waals surface area contributed by atoms with Crippen LogP contribution in [0.5, 0.6) is 5.75 Å². The zero-order chi connectivity index (χ0) is 18.7. The highest BCUT2D eigenvalue weighted by Crippen LogP contribution is 2.31. The molecule has 0 spiro atoms. The van der Waals surface area contributed by atoms with Gasteiger partial charge in [-0.2, -0.15) is 0 Å². The maximum Gasteiger partial charge on any atom is 0.255 e. The lowest BCUT2D eigenvalue weighted by molar-refractivity contribution is 0.102. The summed E-state index contributed by atoms with van der Waals surface area (Å²) in [6, 6.07) is 9.06. The second-order valence-electron chi connectivity index (χ2n) is 6.13. The van der Waals surface area contributed by atoms with E-state index in [9.17, 15) is 4.79 Å². The van der Waals surface area contributed by atoms with Gasteiger partial charge in [0.2, 0.25) is 0 Å². The molecule has 1 aliphatic heterocycles. The van der Waals surface area contributed by atoms with Crippen LogP contribution in [-0.2, 0) is 4.74 Å². The van der Waals surface area contributed by atoms with Crippen molar-refractivity contribution in [1.29, 1.82) is 0 Å². The van der Waals surface area contributed by atoms with E-state index in [-0.39, 0.29) is 5.91 Å². The lowest BCUT2D eigenvalue weighted by atomic mass is 10.1. The number of nitrogens with two attached hydrogens (primary N) is 1. The number of methoxy groups -OCH3 is 1. The molecular weight excluding hydrogens is 398 g/mol. The number of rotatable bonds is 4. The fourth-order valence-electron chi connectivity index (χ4n) is 2.93. The van der Waals surface area contributed by atoms with E-state index in [1.165, 1.54) is 0 Å². The van der Waals surface area contributed by atoms with Crippen molar-refractivity contribution in [2.24, 2.45) is 0 Å². The number of aryl methyl sites for hydroxylation is 1. The molecule has 1 saturated heterocycles. The fraction of sp³-hybridized carbons (Fsp3) is 0.316. The number of benzene rings is 2. The molecule has 0 radical (unpaired) electrons. The van der Waals surface area contributed by atoms with Crippen molar-refractivity contribution in [2.45, 2.75) is 6.92 Å². The number of hydrogen-bond acceptors (Lipinski definition) is 5. The molecule has 7 heteroatoms. The summed E-state index contributed by atoms with van der Waals surface area (Å²) in [4.78, 5) is 14.8. The van der Waals surface area contributed by atoms with Gasteiger partial charge in [0, 0.05) is 24.3 Å². The minimum Gasteiger partial charge on any atom is -0.496 e. The summed E-state index contributed by atoms with van der Waals surface area (Å²) >= 11 is 3.41. The molecule has 138 valence electrons. The molecule has 1 fully saturated rings. The Morgan fingerprint density at radius 3 is 2.65 bits per heavy atom. The number of anilines is 3. The van der Waals surface area contributed by atoms with Crippen molar-refractivity contribution in [3.05, 3.63) is 45.9 Å². The molecule has 26 heavy (non-hydrogen) atoms. The molecule has 1 aliphatic rings. The highest BCUT2D eigenvalue weighted by molar-refractivity contribution is 9.10. The molecule has 0 saturated carbocycles. The van der Waals surface area contributed by atoms with Crippen molar-refractivity contribution in [2.75, 3.05) is 49.4 Å². The first-order valence-corrected chi connectivity index (χ1v) is 9.16. The highest BCUT2D eigenvalue weighted by atomic mass is 79.9. The van der Waals surface area contributed by atoms with Crippen LogP contribution >= 0.6 is 15.9 Å². The van der Waals surface area contributed by atoms with Crippen molar-refractivity contribution in [1.82, 2.24) is 0 Å². The van der Waals surface area contributed by atoms with Gasteiger partial charge in [0.05, 0.1) is 36.2 Å². The van der Waals surface area contributed by atoms with Crippen LogP contribution < -0.4 is 20.7 Å². The van der Waals surface area contributed by atoms with E-state index in [0.717, 1.165) is 34.5 Å². The van der Waals surface area contributed by atoms with Crippen LogP contribution in [-0.4, -0.2) is 39.3 Å². The number of amides is 1. The van der Waals surface area contributed by atoms with Crippen molar-refractivity contribution in [3.63, 3.8) is 0 Å². The molecule has 0 unspecified atom stereocenters. The zero-order valence-electron chi connectivity index (χ0n) is 14.8. The van der Waals surface area contributed by atoms with Crippen molar-refractivity contribution >= 4 is 38.9 Å². The van der Waals surface area contributed by atoms with Gasteiger partial charge in [-0.25, -0.2) is 0 Å². The lowest BCUT2D eigenvalue weighted by Crippen LogP contribution is -2.36. The van der Waals surface area contributed by atoms with Gasteiger partial charge < -0.3 is 25.4 Å². The number of halogens is 1. The SMILES string of the molecule is COc1ccc(C(=O)Nc2cc(N3CCOCC3)c(N)cc2C)cc1Br. The van der Waals surface area contributed by atoms with E-state index in [2.05, 4.69) is 26.1 Å². The molecule has 3 N–H and O–H groups in total. The Balaban J connectivity index is 1.84. The standard InChI is InChI=1S/C19H22BrN3O3/c1-12-9-15(21)17(23-5-7-26-8-6-23)11-16(12)22-19(24)13-3-4-18(25-2)14(20)10-13/h3-4,9-11H,5-8,21H2,1-2H3,(H,22,24). The largest absolute Gasteiger partial charge is 0.496 e. The van der Waals surface area contributed by atoms with E-state index in [1.807, 2.05) is 19.1 Å². The third kappa shape index (κ3) is 3.94. The molecule has 6 nitrogen and oxygen atoms in total. The van der Waals surface area contributed by atoms with Crippen LogP contribution in [0.15, 0.2) is 34.8 Å². The Morgan fingerprint density at radius 1 is 1.27 bits per heavy atom. The van der Waals surface area contributed by atoms with Gasteiger partial charge in [-0.05, 0) is 58.7 Å². The molecule has 1 heterocycles. The summed E-state index contributed by atoms with van der Waals surface area (Å²) in [5, 5.41) is 2.98. The normalized spacial score (nSPS) is 14.2. The van der Waals surface area contributed by atoms with Crippen LogP contribution in [0.25, 0.3) is 0 Å². The quantitative estimate of drug-likeness (QED) is 0.742. The monoisotopic (exact) mass is 419 g/mol. The molecule has 0 bridgehead atoms. The first-order chi connectivity index (χ1) is 12.5. The Kier molecular flexibility index (Phi) is 5.68. The fourth-order valence-corrected chi connectivity index (χ4v) is 3.47. The highest BCUT2D eigenvalue weighted by Gasteiger charge is 2.17. The van der Waals surface area contributed by atoms with Gasteiger partial charge in [0.1, 0.15) is 5.75 Å². The number of carbonyl (C=O) groups is 1. The van der Waals surface area contributed by atoms with Crippen molar-refractivity contribution < 1.29 is 14.3 Å². The van der Waals surface area contributed by atoms with Crippen LogP contribution in [0.3, 0.4) is 0 Å². The molecule has 2 aromatic rings. The van der Waals surface area contributed by atoms with Gasteiger partial charge >= 0.3 is 0 Å². The van der Waals surface area contributed by atoms with E-state index in [1.54, 1.807) is 25.3 Å². The number of nitrogen functional groups attached to an aromatic ring is 1. The van der Waals surface area contributed by atoms with E-state index in [0.29, 0.717) is 30.2 Å². The number of ether oxygens (including phenoxy) is 2. The Hall–Kier alpha value is -2.25. The maximum absolute atomic E-state index is 12.7. The average Bonchev–Trinajstić information content (AvgIpc) is 2.64. The van der Waals surface area contributed by atoms with E-state index >= 15 is 0 Å². The summed E-state index contributed by atoms with van der Waals surface area (Å²) in [6.45, 7) is 4.85. The summed E-state index contributed by atoms with van der Waals surface area (Å²) in [6.07, 6.45) is 0. The summed E-state index contributed by atoms with van der Waals surface area (Å²) in [7, 11) is 1.59. The zero-order valence-corrected chi connectivity index (χ0v) is 16.4. The van der Waals surface area contributed by atoms with Crippen molar-refractivity contribution in [3.8, 4) is 5.75 Å². The maximum atomic E-state index is 12.7. The molecule has 0 aromatic heterocycles. The first kappa shape index (κ1) is 18.5. The van der Waals surface area contributed by atoms with Crippen LogP contribution in [0.1, 0.15) is 15.9 Å². The summed E-state index contributed by atoms with van der Waals surface area (Å²) in [5.41, 5.74) is 10.0. The second kappa shape index (κ2) is 7.97. The van der Waals surface area contributed by atoms with Gasteiger partial charge in [-0.1, -0.05) is 0 Å². The lowest BCUT2D eigenvalue weighted by Gasteiger charge is -2.30. The number of morpholine rings is 1. The molecule has 0 aliphatic carbocycles. The third-order valence-corrected chi connectivity index (χ3v) is 5.01. The Labute approximate surface area is 161 Å². The average molecular weight is 420 g/mol. The smallest absolute Gasteiger partial charge is 0.255 e. The number of nitrogens with zero attached hydrogens (tertiary/aromatic N) is 1. The van der Waals surface area contributed by atoms with Gasteiger partial charge in [0.25, 0.3) is 5.91 Å². The van der Waals surface area contributed by atoms with Gasteiger partial charge in [-0.15, -0.1) is 0 Å². The number of carbonyl (C=O) groups excluding carboxylic acids is 1. The Morgan fingerprint density at radius 2 is 2.00 bits per heavy atom. The van der Waals surface area contributed by atoms with Gasteiger partial charge in [-0.3, -0.25) is 4.79 Å².